The van der Waals surface area contributed by atoms with Gasteiger partial charge in [0.2, 0.25) is 13.3 Å². The van der Waals surface area contributed by atoms with Crippen LogP contribution in [0.25, 0.3) is 11.2 Å². The first-order valence-electron chi connectivity index (χ1n) is 7.68. The number of nitrogens with zero attached hydrogens (tertiary/aromatic N) is 3. The molecule has 3 N–H and O–H groups in total. The van der Waals surface area contributed by atoms with Gasteiger partial charge in [-0.05, 0) is 6.92 Å². The standard InChI is InChI=1S/C13H20N5O6P/c1-3-23-25(2,20)7-21-5-9-22-4-8(24-9)18-6-15-10-11(18)16-13(14)17-12(10)19/h6,8-9H,3-5,7H2,1-2H3,(H3,14,16,17,19). The smallest absolute Gasteiger partial charge is 0.280 e. The summed E-state index contributed by atoms with van der Waals surface area (Å²) in [7, 11) is -2.77. The highest BCUT2D eigenvalue weighted by atomic mass is 31.2. The molecule has 0 bridgehead atoms. The Labute approximate surface area is 142 Å². The first kappa shape index (κ1) is 18.0. The van der Waals surface area contributed by atoms with Crippen molar-refractivity contribution in [3.8, 4) is 0 Å². The highest BCUT2D eigenvalue weighted by molar-refractivity contribution is 7.57. The van der Waals surface area contributed by atoms with Gasteiger partial charge in [0.15, 0.2) is 23.7 Å². The van der Waals surface area contributed by atoms with E-state index in [9.17, 15) is 9.36 Å². The van der Waals surface area contributed by atoms with Gasteiger partial charge in [-0.2, -0.15) is 4.98 Å². The van der Waals surface area contributed by atoms with Crippen molar-refractivity contribution < 1.29 is 23.3 Å². The van der Waals surface area contributed by atoms with Gasteiger partial charge in [0.1, 0.15) is 6.35 Å². The minimum absolute atomic E-state index is 0.00679. The Hall–Kier alpha value is -1.78. The summed E-state index contributed by atoms with van der Waals surface area (Å²) in [5.74, 6) is -0.00679. The van der Waals surface area contributed by atoms with Crippen LogP contribution in [-0.4, -0.2) is 58.6 Å². The Morgan fingerprint density at radius 3 is 3.12 bits per heavy atom. The predicted molar refractivity (Wildman–Crippen MR) is 88.4 cm³/mol. The number of fused-ring (bicyclic) bond motifs is 1. The molecular weight excluding hydrogens is 353 g/mol. The number of hydrogen-bond donors (Lipinski definition) is 2. The zero-order valence-corrected chi connectivity index (χ0v) is 14.8. The quantitative estimate of drug-likeness (QED) is 0.663. The molecule has 3 heterocycles. The van der Waals surface area contributed by atoms with Crippen LogP contribution in [0, 0.1) is 0 Å². The molecular formula is C13H20N5O6P. The number of hydrogen-bond acceptors (Lipinski definition) is 9. The fraction of sp³-hybridized carbons (Fsp3) is 0.615. The number of H-pyrrole nitrogens is 1. The molecule has 0 aliphatic carbocycles. The first-order valence-corrected chi connectivity index (χ1v) is 9.93. The average molecular weight is 373 g/mol. The van der Waals surface area contributed by atoms with Crippen LogP contribution in [0.4, 0.5) is 5.95 Å². The number of nitrogens with one attached hydrogen (secondary N) is 1. The molecule has 1 aliphatic heterocycles. The molecule has 2 aromatic rings. The van der Waals surface area contributed by atoms with Crippen molar-refractivity contribution in [2.24, 2.45) is 0 Å². The van der Waals surface area contributed by atoms with Crippen molar-refractivity contribution in [1.29, 1.82) is 0 Å². The van der Waals surface area contributed by atoms with Gasteiger partial charge in [0.25, 0.3) is 5.56 Å². The number of rotatable bonds is 7. The number of nitrogen functional groups attached to an aromatic ring is 1. The highest BCUT2D eigenvalue weighted by Gasteiger charge is 2.30. The average Bonchev–Trinajstić information content (AvgIpc) is 3.13. The largest absolute Gasteiger partial charge is 0.369 e. The van der Waals surface area contributed by atoms with Gasteiger partial charge < -0.3 is 24.5 Å². The number of aromatic amines is 1. The summed E-state index contributed by atoms with van der Waals surface area (Å²) in [4.78, 5) is 22.3. The molecule has 1 fully saturated rings. The van der Waals surface area contributed by atoms with Crippen molar-refractivity contribution in [1.82, 2.24) is 19.5 Å². The van der Waals surface area contributed by atoms with Gasteiger partial charge in [-0.25, -0.2) is 4.98 Å². The van der Waals surface area contributed by atoms with Gasteiger partial charge in [-0.1, -0.05) is 0 Å². The van der Waals surface area contributed by atoms with Gasteiger partial charge >= 0.3 is 0 Å². The molecule has 0 spiro atoms. The number of ether oxygens (including phenoxy) is 3. The maximum absolute atomic E-state index is 12.0. The Bertz CT molecular complexity index is 851. The normalized spacial score (nSPS) is 23.1. The van der Waals surface area contributed by atoms with E-state index < -0.39 is 25.4 Å². The number of nitrogens with two attached hydrogens (primary N) is 1. The summed E-state index contributed by atoms with van der Waals surface area (Å²) in [5.41, 5.74) is 5.63. The van der Waals surface area contributed by atoms with Crippen LogP contribution >= 0.6 is 7.37 Å². The van der Waals surface area contributed by atoms with Gasteiger partial charge in [-0.3, -0.25) is 18.9 Å². The summed E-state index contributed by atoms with van der Waals surface area (Å²) in [6.45, 7) is 3.97. The van der Waals surface area contributed by atoms with E-state index in [-0.39, 0.29) is 31.0 Å². The second-order valence-electron chi connectivity index (χ2n) is 5.56. The third-order valence-electron chi connectivity index (χ3n) is 3.48. The van der Waals surface area contributed by atoms with Gasteiger partial charge in [0.05, 0.1) is 26.1 Å². The van der Waals surface area contributed by atoms with E-state index in [2.05, 4.69) is 15.0 Å². The molecule has 1 saturated heterocycles. The molecule has 138 valence electrons. The fourth-order valence-electron chi connectivity index (χ4n) is 2.46. The number of aromatic nitrogens is 4. The number of anilines is 1. The Morgan fingerprint density at radius 2 is 2.36 bits per heavy atom. The molecule has 0 aromatic carbocycles. The Morgan fingerprint density at radius 1 is 1.56 bits per heavy atom. The van der Waals surface area contributed by atoms with Crippen molar-refractivity contribution in [2.75, 3.05) is 38.6 Å². The summed E-state index contributed by atoms with van der Waals surface area (Å²) in [6, 6.07) is 0. The maximum Gasteiger partial charge on any atom is 0.280 e. The van der Waals surface area contributed by atoms with E-state index in [1.54, 1.807) is 11.5 Å². The minimum Gasteiger partial charge on any atom is -0.369 e. The maximum atomic E-state index is 12.0. The van der Waals surface area contributed by atoms with Crippen LogP contribution in [-0.2, 0) is 23.3 Å². The first-order chi connectivity index (χ1) is 11.9. The third kappa shape index (κ3) is 4.07. The van der Waals surface area contributed by atoms with Crippen LogP contribution in [0.5, 0.6) is 0 Å². The molecule has 0 radical (unpaired) electrons. The van der Waals surface area contributed by atoms with Crippen LogP contribution < -0.4 is 11.3 Å². The monoisotopic (exact) mass is 373 g/mol. The molecule has 3 rings (SSSR count). The van der Waals surface area contributed by atoms with Crippen molar-refractivity contribution in [3.05, 3.63) is 16.7 Å². The SMILES string of the molecule is CCOP(C)(=O)COCC1OCC(n2cnc3c(=O)[nH]c(N)nc32)O1. The minimum atomic E-state index is -2.77. The zero-order valence-electron chi connectivity index (χ0n) is 13.9. The third-order valence-corrected chi connectivity index (χ3v) is 4.93. The molecule has 12 heteroatoms. The topological polar surface area (TPSA) is 144 Å². The van der Waals surface area contributed by atoms with Crippen molar-refractivity contribution in [2.45, 2.75) is 19.4 Å². The predicted octanol–water partition coefficient (Wildman–Crippen LogP) is 0.492. The molecule has 0 saturated carbocycles. The van der Waals surface area contributed by atoms with E-state index in [4.69, 9.17) is 24.5 Å². The molecule has 2 aromatic heterocycles. The van der Waals surface area contributed by atoms with E-state index in [0.717, 1.165) is 0 Å². The summed E-state index contributed by atoms with van der Waals surface area (Å²) >= 11 is 0. The lowest BCUT2D eigenvalue weighted by Gasteiger charge is -2.15. The van der Waals surface area contributed by atoms with Crippen LogP contribution in [0.3, 0.4) is 0 Å². The highest BCUT2D eigenvalue weighted by Crippen LogP contribution is 2.42. The fourth-order valence-corrected chi connectivity index (χ4v) is 3.51. The summed E-state index contributed by atoms with van der Waals surface area (Å²) in [6.07, 6.45) is 0.269. The summed E-state index contributed by atoms with van der Waals surface area (Å²) in [5, 5.41) is 0. The molecule has 1 aliphatic rings. The van der Waals surface area contributed by atoms with Crippen LogP contribution in [0.2, 0.25) is 0 Å². The van der Waals surface area contributed by atoms with E-state index >= 15 is 0 Å². The molecule has 3 unspecified atom stereocenters. The van der Waals surface area contributed by atoms with Crippen LogP contribution in [0.15, 0.2) is 11.1 Å². The molecule has 3 atom stereocenters. The molecule has 11 nitrogen and oxygen atoms in total. The number of imidazole rings is 1. The van der Waals surface area contributed by atoms with Crippen molar-refractivity contribution in [3.63, 3.8) is 0 Å². The Balaban J connectivity index is 1.62. The molecule has 0 amide bonds. The van der Waals surface area contributed by atoms with E-state index in [0.29, 0.717) is 12.3 Å². The van der Waals surface area contributed by atoms with Crippen molar-refractivity contribution >= 4 is 24.5 Å². The lowest BCUT2D eigenvalue weighted by molar-refractivity contribution is -0.109. The molecule has 25 heavy (non-hydrogen) atoms. The lowest BCUT2D eigenvalue weighted by Crippen LogP contribution is -2.19. The van der Waals surface area contributed by atoms with Gasteiger partial charge in [-0.15, -0.1) is 0 Å². The van der Waals surface area contributed by atoms with Gasteiger partial charge in [0, 0.05) is 6.66 Å². The second-order valence-corrected chi connectivity index (χ2v) is 8.11. The van der Waals surface area contributed by atoms with E-state index in [1.165, 1.54) is 13.0 Å². The summed E-state index contributed by atoms with van der Waals surface area (Å²) < 4.78 is 35.3. The second kappa shape index (κ2) is 7.22. The van der Waals surface area contributed by atoms with E-state index in [1.807, 2.05) is 0 Å². The lowest BCUT2D eigenvalue weighted by atomic mass is 10.5. The Kier molecular flexibility index (Phi) is 5.21. The zero-order chi connectivity index (χ0) is 18.0. The van der Waals surface area contributed by atoms with Crippen LogP contribution in [0.1, 0.15) is 13.2 Å².